The molecule has 0 aliphatic heterocycles. The van der Waals surface area contributed by atoms with Gasteiger partial charge in [0.1, 0.15) is 0 Å². The lowest BCUT2D eigenvalue weighted by Crippen LogP contribution is -2.26. The Balaban J connectivity index is 1.56. The molecule has 1 amide bonds. The van der Waals surface area contributed by atoms with Gasteiger partial charge in [-0.15, -0.1) is 0 Å². The molecule has 0 radical (unpaired) electrons. The van der Waals surface area contributed by atoms with E-state index in [4.69, 9.17) is 0 Å². The maximum absolute atomic E-state index is 12.8. The van der Waals surface area contributed by atoms with Crippen LogP contribution in [0.3, 0.4) is 0 Å². The summed E-state index contributed by atoms with van der Waals surface area (Å²) in [5, 5.41) is 8.61. The standard InChI is InChI=1S/C24H23N3O/c1-17-8-10-19(11-9-17)16-27-23-14-21(12-13-22(23)15-25-27)24(28)26-18(2)20-6-4-3-5-7-20/h3-15,18H,16H2,1-2H3,(H,26,28)/t18-/m1/s1. The van der Waals surface area contributed by atoms with Crippen molar-refractivity contribution in [2.45, 2.75) is 26.4 Å². The van der Waals surface area contributed by atoms with E-state index in [1.807, 2.05) is 66.3 Å². The molecule has 4 nitrogen and oxygen atoms in total. The van der Waals surface area contributed by atoms with Gasteiger partial charge in [0, 0.05) is 10.9 Å². The van der Waals surface area contributed by atoms with Crippen LogP contribution >= 0.6 is 0 Å². The predicted molar refractivity (Wildman–Crippen MR) is 112 cm³/mol. The minimum atomic E-state index is -0.0821. The molecule has 4 rings (SSSR count). The van der Waals surface area contributed by atoms with Crippen molar-refractivity contribution in [3.05, 3.63) is 101 Å². The zero-order valence-electron chi connectivity index (χ0n) is 16.1. The minimum absolute atomic E-state index is 0.0538. The van der Waals surface area contributed by atoms with E-state index >= 15 is 0 Å². The number of nitrogens with one attached hydrogen (secondary N) is 1. The van der Waals surface area contributed by atoms with Crippen molar-refractivity contribution in [3.63, 3.8) is 0 Å². The molecule has 0 unspecified atom stereocenters. The van der Waals surface area contributed by atoms with E-state index in [1.54, 1.807) is 0 Å². The van der Waals surface area contributed by atoms with Crippen LogP contribution in [-0.2, 0) is 6.54 Å². The van der Waals surface area contributed by atoms with Gasteiger partial charge in [-0.05, 0) is 37.1 Å². The van der Waals surface area contributed by atoms with Crippen LogP contribution in [0.1, 0.15) is 40.0 Å². The highest BCUT2D eigenvalue weighted by Crippen LogP contribution is 2.19. The summed E-state index contributed by atoms with van der Waals surface area (Å²) >= 11 is 0. The molecule has 4 heteroatoms. The van der Waals surface area contributed by atoms with Crippen molar-refractivity contribution in [2.24, 2.45) is 0 Å². The Bertz CT molecular complexity index is 1100. The average molecular weight is 369 g/mol. The summed E-state index contributed by atoms with van der Waals surface area (Å²) in [5.41, 5.74) is 5.10. The molecule has 1 aromatic heterocycles. The van der Waals surface area contributed by atoms with E-state index in [0.29, 0.717) is 12.1 Å². The molecule has 0 fully saturated rings. The lowest BCUT2D eigenvalue weighted by atomic mass is 10.1. The second kappa shape index (κ2) is 7.69. The second-order valence-corrected chi connectivity index (χ2v) is 7.17. The quantitative estimate of drug-likeness (QED) is 0.545. The first-order chi connectivity index (χ1) is 13.6. The zero-order chi connectivity index (χ0) is 19.5. The van der Waals surface area contributed by atoms with E-state index in [0.717, 1.165) is 16.5 Å². The Labute approximate surface area is 164 Å². The van der Waals surface area contributed by atoms with E-state index < -0.39 is 0 Å². The smallest absolute Gasteiger partial charge is 0.251 e. The molecule has 1 N–H and O–H groups in total. The Hall–Kier alpha value is -3.40. The third-order valence-corrected chi connectivity index (χ3v) is 5.01. The van der Waals surface area contributed by atoms with Gasteiger partial charge in [-0.2, -0.15) is 5.10 Å². The largest absolute Gasteiger partial charge is 0.346 e. The van der Waals surface area contributed by atoms with E-state index in [2.05, 4.69) is 41.6 Å². The van der Waals surface area contributed by atoms with Crippen LogP contribution in [0.15, 0.2) is 79.0 Å². The SMILES string of the molecule is Cc1ccc(Cn2ncc3ccc(C(=O)N[C@H](C)c4ccccc4)cc32)cc1. The van der Waals surface area contributed by atoms with Gasteiger partial charge >= 0.3 is 0 Å². The maximum atomic E-state index is 12.8. The number of fused-ring (bicyclic) bond motifs is 1. The van der Waals surface area contributed by atoms with Gasteiger partial charge in [0.25, 0.3) is 5.91 Å². The van der Waals surface area contributed by atoms with Gasteiger partial charge < -0.3 is 5.32 Å². The van der Waals surface area contributed by atoms with Crippen LogP contribution in [0.2, 0.25) is 0 Å². The normalized spacial score (nSPS) is 12.1. The lowest BCUT2D eigenvalue weighted by Gasteiger charge is -2.14. The molecule has 28 heavy (non-hydrogen) atoms. The summed E-state index contributed by atoms with van der Waals surface area (Å²) in [4.78, 5) is 12.8. The number of amides is 1. The van der Waals surface area contributed by atoms with Crippen LogP contribution in [0.4, 0.5) is 0 Å². The van der Waals surface area contributed by atoms with Crippen LogP contribution in [0.5, 0.6) is 0 Å². The number of carbonyl (C=O) groups excluding carboxylic acids is 1. The molecule has 1 atom stereocenters. The summed E-state index contributed by atoms with van der Waals surface area (Å²) in [6, 6.07) is 24.1. The van der Waals surface area contributed by atoms with E-state index in [9.17, 15) is 4.79 Å². The minimum Gasteiger partial charge on any atom is -0.346 e. The van der Waals surface area contributed by atoms with Gasteiger partial charge in [-0.25, -0.2) is 0 Å². The van der Waals surface area contributed by atoms with Crippen molar-refractivity contribution in [1.82, 2.24) is 15.1 Å². The molecule has 0 aliphatic rings. The Kier molecular flexibility index (Phi) is 4.94. The average Bonchev–Trinajstić information content (AvgIpc) is 3.12. The highest BCUT2D eigenvalue weighted by Gasteiger charge is 2.13. The summed E-state index contributed by atoms with van der Waals surface area (Å²) in [5.74, 6) is -0.0821. The fourth-order valence-corrected chi connectivity index (χ4v) is 3.31. The highest BCUT2D eigenvalue weighted by molar-refractivity contribution is 5.98. The molecule has 0 saturated heterocycles. The van der Waals surface area contributed by atoms with Crippen molar-refractivity contribution >= 4 is 16.8 Å². The fourth-order valence-electron chi connectivity index (χ4n) is 3.31. The topological polar surface area (TPSA) is 46.9 Å². The van der Waals surface area contributed by atoms with Crippen molar-refractivity contribution in [3.8, 4) is 0 Å². The monoisotopic (exact) mass is 369 g/mol. The van der Waals surface area contributed by atoms with Crippen molar-refractivity contribution in [1.29, 1.82) is 0 Å². The molecule has 0 aliphatic carbocycles. The number of hydrogen-bond acceptors (Lipinski definition) is 2. The molecule has 4 aromatic rings. The van der Waals surface area contributed by atoms with Crippen LogP contribution in [0.25, 0.3) is 10.9 Å². The van der Waals surface area contributed by atoms with Crippen molar-refractivity contribution < 1.29 is 4.79 Å². The molecular formula is C24H23N3O. The second-order valence-electron chi connectivity index (χ2n) is 7.17. The van der Waals surface area contributed by atoms with Gasteiger partial charge in [-0.1, -0.05) is 66.2 Å². The number of aromatic nitrogens is 2. The first-order valence-electron chi connectivity index (χ1n) is 9.47. The fraction of sp³-hybridized carbons (Fsp3) is 0.167. The number of hydrogen-bond donors (Lipinski definition) is 1. The summed E-state index contributed by atoms with van der Waals surface area (Å²) < 4.78 is 1.94. The number of rotatable bonds is 5. The molecule has 0 spiro atoms. The Morgan fingerprint density at radius 3 is 2.54 bits per heavy atom. The molecule has 140 valence electrons. The van der Waals surface area contributed by atoms with Gasteiger partial charge in [0.05, 0.1) is 24.3 Å². The zero-order valence-corrected chi connectivity index (χ0v) is 16.1. The Morgan fingerprint density at radius 1 is 1.04 bits per heavy atom. The van der Waals surface area contributed by atoms with E-state index in [1.165, 1.54) is 11.1 Å². The van der Waals surface area contributed by atoms with Gasteiger partial charge in [0.2, 0.25) is 0 Å². The van der Waals surface area contributed by atoms with Crippen LogP contribution in [-0.4, -0.2) is 15.7 Å². The number of aryl methyl sites for hydroxylation is 1. The van der Waals surface area contributed by atoms with Gasteiger partial charge in [0.15, 0.2) is 0 Å². The van der Waals surface area contributed by atoms with E-state index in [-0.39, 0.29) is 11.9 Å². The molecule has 0 saturated carbocycles. The third kappa shape index (κ3) is 3.81. The Morgan fingerprint density at radius 2 is 1.79 bits per heavy atom. The molecule has 3 aromatic carbocycles. The number of nitrogens with zero attached hydrogens (tertiary/aromatic N) is 2. The molecule has 0 bridgehead atoms. The first-order valence-corrected chi connectivity index (χ1v) is 9.47. The summed E-state index contributed by atoms with van der Waals surface area (Å²) in [6.45, 7) is 4.75. The lowest BCUT2D eigenvalue weighted by molar-refractivity contribution is 0.0940. The number of benzene rings is 3. The first kappa shape index (κ1) is 18.0. The highest BCUT2D eigenvalue weighted by atomic mass is 16.1. The molecule has 1 heterocycles. The molecular weight excluding hydrogens is 346 g/mol. The maximum Gasteiger partial charge on any atom is 0.251 e. The predicted octanol–water partition coefficient (Wildman–Crippen LogP) is 4.88. The third-order valence-electron chi connectivity index (χ3n) is 5.01. The van der Waals surface area contributed by atoms with Crippen LogP contribution < -0.4 is 5.32 Å². The number of carbonyl (C=O) groups is 1. The summed E-state index contributed by atoms with van der Waals surface area (Å²) in [6.07, 6.45) is 1.85. The summed E-state index contributed by atoms with van der Waals surface area (Å²) in [7, 11) is 0. The van der Waals surface area contributed by atoms with Crippen molar-refractivity contribution in [2.75, 3.05) is 0 Å². The van der Waals surface area contributed by atoms with Crippen LogP contribution in [0, 0.1) is 6.92 Å². The van der Waals surface area contributed by atoms with Gasteiger partial charge in [-0.3, -0.25) is 9.48 Å².